The van der Waals surface area contributed by atoms with Crippen molar-refractivity contribution in [3.63, 3.8) is 0 Å². The van der Waals surface area contributed by atoms with Crippen molar-refractivity contribution in [3.8, 4) is 5.69 Å². The van der Waals surface area contributed by atoms with Gasteiger partial charge >= 0.3 is 5.97 Å². The largest absolute Gasteiger partial charge is 0.460 e. The number of hydrogen-bond acceptors (Lipinski definition) is 3. The molecule has 22 heavy (non-hydrogen) atoms. The minimum atomic E-state index is -0.319. The maximum atomic E-state index is 11.7. The molecule has 2 aromatic rings. The minimum absolute atomic E-state index is 0.0656. The third kappa shape index (κ3) is 4.88. The van der Waals surface area contributed by atoms with Gasteiger partial charge in [0.2, 0.25) is 0 Å². The Morgan fingerprint density at radius 2 is 2.00 bits per heavy atom. The lowest BCUT2D eigenvalue weighted by Crippen LogP contribution is -2.15. The zero-order valence-corrected chi connectivity index (χ0v) is 13.3. The second-order valence-electron chi connectivity index (χ2n) is 5.76. The summed E-state index contributed by atoms with van der Waals surface area (Å²) in [6.45, 7) is 6.13. The number of para-hydroxylation sites is 1. The number of hydrogen-bond donors (Lipinski definition) is 0. The second-order valence-corrected chi connectivity index (χ2v) is 5.76. The van der Waals surface area contributed by atoms with Gasteiger partial charge in [-0.05, 0) is 37.5 Å². The molecule has 0 aliphatic carbocycles. The molecule has 0 saturated heterocycles. The SMILES string of the molecule is CC(C)CC(C)OC(=O)C=Cc1cnn(-c2ccccc2)c1. The van der Waals surface area contributed by atoms with E-state index in [-0.39, 0.29) is 12.1 Å². The summed E-state index contributed by atoms with van der Waals surface area (Å²) in [5.74, 6) is 0.191. The van der Waals surface area contributed by atoms with Gasteiger partial charge in [-0.15, -0.1) is 0 Å². The van der Waals surface area contributed by atoms with E-state index in [4.69, 9.17) is 4.74 Å². The average molecular weight is 298 g/mol. The second kappa shape index (κ2) is 7.59. The molecule has 0 bridgehead atoms. The van der Waals surface area contributed by atoms with Crippen molar-refractivity contribution in [2.45, 2.75) is 33.3 Å². The summed E-state index contributed by atoms with van der Waals surface area (Å²) >= 11 is 0. The van der Waals surface area contributed by atoms with Gasteiger partial charge in [-0.1, -0.05) is 32.0 Å². The highest BCUT2D eigenvalue weighted by Crippen LogP contribution is 2.10. The number of ether oxygens (including phenoxy) is 1. The van der Waals surface area contributed by atoms with E-state index in [1.54, 1.807) is 17.0 Å². The first kappa shape index (κ1) is 16.0. The molecule has 1 aromatic carbocycles. The highest BCUT2D eigenvalue weighted by molar-refractivity contribution is 5.87. The van der Waals surface area contributed by atoms with Crippen molar-refractivity contribution < 1.29 is 9.53 Å². The molecule has 0 radical (unpaired) electrons. The molecular formula is C18H22N2O2. The molecule has 0 aliphatic heterocycles. The first-order valence-corrected chi connectivity index (χ1v) is 7.53. The van der Waals surface area contributed by atoms with Crippen LogP contribution in [0.25, 0.3) is 11.8 Å². The lowest BCUT2D eigenvalue weighted by atomic mass is 10.1. The fourth-order valence-corrected chi connectivity index (χ4v) is 2.26. The van der Waals surface area contributed by atoms with Crippen molar-refractivity contribution in [2.24, 2.45) is 5.92 Å². The van der Waals surface area contributed by atoms with E-state index in [2.05, 4.69) is 18.9 Å². The van der Waals surface area contributed by atoms with Gasteiger partial charge in [-0.2, -0.15) is 5.10 Å². The van der Waals surface area contributed by atoms with Crippen LogP contribution in [0.4, 0.5) is 0 Å². The smallest absolute Gasteiger partial charge is 0.331 e. The van der Waals surface area contributed by atoms with Gasteiger partial charge in [0.15, 0.2) is 0 Å². The van der Waals surface area contributed by atoms with Gasteiger partial charge in [0.1, 0.15) is 0 Å². The molecule has 0 fully saturated rings. The molecule has 1 atom stereocenters. The van der Waals surface area contributed by atoms with Crippen molar-refractivity contribution in [3.05, 3.63) is 54.4 Å². The van der Waals surface area contributed by atoms with Gasteiger partial charge in [-0.3, -0.25) is 0 Å². The van der Waals surface area contributed by atoms with Gasteiger partial charge in [0.05, 0.1) is 18.0 Å². The Labute approximate surface area is 131 Å². The topological polar surface area (TPSA) is 44.1 Å². The van der Waals surface area contributed by atoms with Crippen LogP contribution in [0.2, 0.25) is 0 Å². The molecule has 4 nitrogen and oxygen atoms in total. The Kier molecular flexibility index (Phi) is 5.53. The Morgan fingerprint density at radius 1 is 1.27 bits per heavy atom. The Morgan fingerprint density at radius 3 is 2.68 bits per heavy atom. The normalized spacial score (nSPS) is 12.7. The molecule has 0 saturated carbocycles. The van der Waals surface area contributed by atoms with Gasteiger partial charge in [-0.25, -0.2) is 9.48 Å². The molecule has 0 aliphatic rings. The molecule has 0 N–H and O–H groups in total. The maximum absolute atomic E-state index is 11.7. The van der Waals surface area contributed by atoms with Crippen molar-refractivity contribution in [2.75, 3.05) is 0 Å². The number of carbonyl (C=O) groups is 1. The van der Waals surface area contributed by atoms with Crippen LogP contribution in [-0.4, -0.2) is 21.9 Å². The molecule has 1 heterocycles. The first-order valence-electron chi connectivity index (χ1n) is 7.53. The van der Waals surface area contributed by atoms with Crippen LogP contribution in [-0.2, 0) is 9.53 Å². The zero-order chi connectivity index (χ0) is 15.9. The fourth-order valence-electron chi connectivity index (χ4n) is 2.26. The van der Waals surface area contributed by atoms with Crippen LogP contribution in [0.3, 0.4) is 0 Å². The summed E-state index contributed by atoms with van der Waals surface area (Å²) in [4.78, 5) is 11.7. The Hall–Kier alpha value is -2.36. The van der Waals surface area contributed by atoms with Crippen LogP contribution in [0, 0.1) is 5.92 Å². The molecule has 0 spiro atoms. The highest BCUT2D eigenvalue weighted by Gasteiger charge is 2.08. The van der Waals surface area contributed by atoms with Crippen LogP contribution in [0.15, 0.2) is 48.8 Å². The summed E-state index contributed by atoms with van der Waals surface area (Å²) in [7, 11) is 0. The third-order valence-electron chi connectivity index (χ3n) is 3.16. The summed E-state index contributed by atoms with van der Waals surface area (Å²) in [6.07, 6.45) is 7.56. The number of rotatable bonds is 6. The summed E-state index contributed by atoms with van der Waals surface area (Å²) < 4.78 is 7.09. The first-order chi connectivity index (χ1) is 10.5. The maximum Gasteiger partial charge on any atom is 0.331 e. The molecule has 4 heteroatoms. The van der Waals surface area contributed by atoms with E-state index in [9.17, 15) is 4.79 Å². The summed E-state index contributed by atoms with van der Waals surface area (Å²) in [6, 6.07) is 9.83. The number of esters is 1. The number of nitrogens with zero attached hydrogens (tertiary/aromatic N) is 2. The van der Waals surface area contributed by atoms with E-state index < -0.39 is 0 Å². The quantitative estimate of drug-likeness (QED) is 0.601. The third-order valence-corrected chi connectivity index (χ3v) is 3.16. The van der Waals surface area contributed by atoms with Gasteiger partial charge < -0.3 is 4.74 Å². The van der Waals surface area contributed by atoms with E-state index in [1.807, 2.05) is 43.5 Å². The van der Waals surface area contributed by atoms with E-state index in [0.29, 0.717) is 5.92 Å². The van der Waals surface area contributed by atoms with Crippen LogP contribution < -0.4 is 0 Å². The molecule has 1 unspecified atom stereocenters. The molecule has 116 valence electrons. The summed E-state index contributed by atoms with van der Waals surface area (Å²) in [5, 5.41) is 4.28. The molecule has 0 amide bonds. The van der Waals surface area contributed by atoms with E-state index in [0.717, 1.165) is 17.7 Å². The van der Waals surface area contributed by atoms with Crippen molar-refractivity contribution in [1.82, 2.24) is 9.78 Å². The van der Waals surface area contributed by atoms with Crippen molar-refractivity contribution >= 4 is 12.0 Å². The van der Waals surface area contributed by atoms with Crippen LogP contribution >= 0.6 is 0 Å². The van der Waals surface area contributed by atoms with Crippen LogP contribution in [0.1, 0.15) is 32.8 Å². The Bertz CT molecular complexity index is 630. The molecule has 1 aromatic heterocycles. The number of aromatic nitrogens is 2. The Balaban J connectivity index is 1.94. The number of carbonyl (C=O) groups excluding carboxylic acids is 1. The highest BCUT2D eigenvalue weighted by atomic mass is 16.5. The molecular weight excluding hydrogens is 276 g/mol. The lowest BCUT2D eigenvalue weighted by Gasteiger charge is -2.13. The monoisotopic (exact) mass is 298 g/mol. The summed E-state index contributed by atoms with van der Waals surface area (Å²) in [5.41, 5.74) is 1.84. The van der Waals surface area contributed by atoms with Crippen molar-refractivity contribution in [1.29, 1.82) is 0 Å². The minimum Gasteiger partial charge on any atom is -0.460 e. The lowest BCUT2D eigenvalue weighted by molar-refractivity contribution is -0.142. The number of benzene rings is 1. The average Bonchev–Trinajstić information content (AvgIpc) is 2.94. The standard InChI is InChI=1S/C18H22N2O2/c1-14(2)11-15(3)22-18(21)10-9-16-12-19-20(13-16)17-7-5-4-6-8-17/h4-10,12-15H,11H2,1-3H3. The van der Waals surface area contributed by atoms with Gasteiger partial charge in [0, 0.05) is 17.8 Å². The predicted octanol–water partition coefficient (Wildman–Crippen LogP) is 3.86. The zero-order valence-electron chi connectivity index (χ0n) is 13.3. The van der Waals surface area contributed by atoms with Gasteiger partial charge in [0.25, 0.3) is 0 Å². The molecule has 2 rings (SSSR count). The van der Waals surface area contributed by atoms with E-state index in [1.165, 1.54) is 6.08 Å². The van der Waals surface area contributed by atoms with Crippen LogP contribution in [0.5, 0.6) is 0 Å². The fraction of sp³-hybridized carbons (Fsp3) is 0.333. The predicted molar refractivity (Wildman–Crippen MR) is 87.6 cm³/mol. The van der Waals surface area contributed by atoms with E-state index >= 15 is 0 Å².